The highest BCUT2D eigenvalue weighted by atomic mass is 79.9. The average molecular weight is 284 g/mol. The maximum Gasteiger partial charge on any atom is 0.0504 e. The third-order valence-corrected chi connectivity index (χ3v) is 4.12. The van der Waals surface area contributed by atoms with Crippen LogP contribution in [0.4, 0.5) is 5.69 Å². The number of nitrogens with zero attached hydrogens (tertiary/aromatic N) is 1. The van der Waals surface area contributed by atoms with Crippen LogP contribution < -0.4 is 4.90 Å². The van der Waals surface area contributed by atoms with E-state index in [-0.39, 0.29) is 5.41 Å². The van der Waals surface area contributed by atoms with Gasteiger partial charge in [0.15, 0.2) is 0 Å². The molecule has 0 bridgehead atoms. The minimum Gasteiger partial charge on any atom is -0.396 e. The Kier molecular flexibility index (Phi) is 3.55. The van der Waals surface area contributed by atoms with Crippen LogP contribution in [0.3, 0.4) is 0 Å². The van der Waals surface area contributed by atoms with Gasteiger partial charge in [0, 0.05) is 29.2 Å². The summed E-state index contributed by atoms with van der Waals surface area (Å²) < 4.78 is 1.10. The van der Waals surface area contributed by atoms with Gasteiger partial charge in [0.2, 0.25) is 0 Å². The van der Waals surface area contributed by atoms with E-state index in [0.29, 0.717) is 6.61 Å². The molecule has 1 aromatic carbocycles. The second kappa shape index (κ2) is 4.76. The van der Waals surface area contributed by atoms with E-state index >= 15 is 0 Å². The molecule has 3 heteroatoms. The van der Waals surface area contributed by atoms with Crippen molar-refractivity contribution in [3.05, 3.63) is 28.7 Å². The van der Waals surface area contributed by atoms with Gasteiger partial charge in [-0.15, -0.1) is 0 Å². The quantitative estimate of drug-likeness (QED) is 0.918. The lowest BCUT2D eigenvalue weighted by Gasteiger charge is -2.43. The fourth-order valence-corrected chi connectivity index (χ4v) is 2.60. The van der Waals surface area contributed by atoms with Gasteiger partial charge < -0.3 is 10.0 Å². The van der Waals surface area contributed by atoms with Crippen LogP contribution in [-0.4, -0.2) is 25.3 Å². The number of anilines is 1. The summed E-state index contributed by atoms with van der Waals surface area (Å²) in [6.07, 6.45) is 3.57. The maximum atomic E-state index is 9.44. The van der Waals surface area contributed by atoms with Gasteiger partial charge in [0.1, 0.15) is 0 Å². The van der Waals surface area contributed by atoms with Crippen molar-refractivity contribution in [3.8, 4) is 0 Å². The highest BCUT2D eigenvalue weighted by Crippen LogP contribution is 2.41. The van der Waals surface area contributed by atoms with E-state index in [1.807, 2.05) is 0 Å². The summed E-state index contributed by atoms with van der Waals surface area (Å²) in [5.74, 6) is 0. The molecule has 1 aliphatic rings. The molecule has 0 radical (unpaired) electrons. The van der Waals surface area contributed by atoms with Crippen LogP contribution in [0.5, 0.6) is 0 Å². The van der Waals surface area contributed by atoms with E-state index in [4.69, 9.17) is 0 Å². The van der Waals surface area contributed by atoms with Crippen LogP contribution >= 0.6 is 15.9 Å². The van der Waals surface area contributed by atoms with Gasteiger partial charge in [-0.25, -0.2) is 0 Å². The zero-order valence-corrected chi connectivity index (χ0v) is 11.2. The van der Waals surface area contributed by atoms with Crippen molar-refractivity contribution in [2.75, 3.05) is 25.1 Å². The summed E-state index contributed by atoms with van der Waals surface area (Å²) in [6.45, 7) is 1.26. The second-order valence-electron chi connectivity index (χ2n) is 4.84. The molecule has 1 aromatic rings. The van der Waals surface area contributed by atoms with Gasteiger partial charge in [0.05, 0.1) is 6.61 Å². The smallest absolute Gasteiger partial charge is 0.0504 e. The summed E-state index contributed by atoms with van der Waals surface area (Å²) >= 11 is 3.44. The van der Waals surface area contributed by atoms with Crippen molar-refractivity contribution in [2.45, 2.75) is 19.3 Å². The molecule has 16 heavy (non-hydrogen) atoms. The molecule has 0 saturated heterocycles. The first-order chi connectivity index (χ1) is 7.65. The van der Waals surface area contributed by atoms with Crippen LogP contribution in [0.1, 0.15) is 19.3 Å². The summed E-state index contributed by atoms with van der Waals surface area (Å²) in [7, 11) is 2.10. The molecule has 2 nitrogen and oxygen atoms in total. The van der Waals surface area contributed by atoms with E-state index in [1.165, 1.54) is 12.1 Å². The van der Waals surface area contributed by atoms with Crippen LogP contribution in [-0.2, 0) is 0 Å². The van der Waals surface area contributed by atoms with E-state index < -0.39 is 0 Å². The van der Waals surface area contributed by atoms with Crippen molar-refractivity contribution < 1.29 is 5.11 Å². The molecule has 0 unspecified atom stereocenters. The SMILES string of the molecule is CN(CC1(CO)CCC1)c1ccc(Br)cc1. The van der Waals surface area contributed by atoms with Crippen molar-refractivity contribution in [1.82, 2.24) is 0 Å². The molecule has 88 valence electrons. The Morgan fingerprint density at radius 1 is 1.31 bits per heavy atom. The lowest BCUT2D eigenvalue weighted by molar-refractivity contribution is 0.0524. The second-order valence-corrected chi connectivity index (χ2v) is 5.76. The zero-order valence-electron chi connectivity index (χ0n) is 9.62. The first kappa shape index (κ1) is 11.9. The highest BCUT2D eigenvalue weighted by Gasteiger charge is 2.37. The zero-order chi connectivity index (χ0) is 11.6. The number of aliphatic hydroxyl groups excluding tert-OH is 1. The van der Waals surface area contributed by atoms with Gasteiger partial charge in [-0.3, -0.25) is 0 Å². The van der Waals surface area contributed by atoms with E-state index in [0.717, 1.165) is 23.9 Å². The fraction of sp³-hybridized carbons (Fsp3) is 0.538. The highest BCUT2D eigenvalue weighted by molar-refractivity contribution is 9.10. The number of hydrogen-bond donors (Lipinski definition) is 1. The molecule has 0 amide bonds. The molecule has 1 saturated carbocycles. The summed E-state index contributed by atoms with van der Waals surface area (Å²) in [4.78, 5) is 2.24. The molecular formula is C13H18BrNO. The number of hydrogen-bond acceptors (Lipinski definition) is 2. The monoisotopic (exact) mass is 283 g/mol. The molecule has 1 N–H and O–H groups in total. The summed E-state index contributed by atoms with van der Waals surface area (Å²) in [5, 5.41) is 9.44. The Balaban J connectivity index is 2.02. The topological polar surface area (TPSA) is 23.5 Å². The summed E-state index contributed by atoms with van der Waals surface area (Å²) in [5.41, 5.74) is 1.37. The van der Waals surface area contributed by atoms with Gasteiger partial charge in [-0.05, 0) is 37.1 Å². The number of rotatable bonds is 4. The van der Waals surface area contributed by atoms with Crippen LogP contribution in [0, 0.1) is 5.41 Å². The van der Waals surface area contributed by atoms with E-state index in [1.54, 1.807) is 0 Å². The minimum atomic E-state index is 0.155. The van der Waals surface area contributed by atoms with Crippen LogP contribution in [0.15, 0.2) is 28.7 Å². The van der Waals surface area contributed by atoms with Gasteiger partial charge in [0.25, 0.3) is 0 Å². The molecule has 1 aliphatic carbocycles. The third-order valence-electron chi connectivity index (χ3n) is 3.59. The van der Waals surface area contributed by atoms with Gasteiger partial charge >= 0.3 is 0 Å². The lowest BCUT2D eigenvalue weighted by Crippen LogP contribution is -2.43. The van der Waals surface area contributed by atoms with Crippen molar-refractivity contribution >= 4 is 21.6 Å². The first-order valence-corrected chi connectivity index (χ1v) is 6.52. The Labute approximate surface area is 105 Å². The Hall–Kier alpha value is -0.540. The lowest BCUT2D eigenvalue weighted by atomic mass is 9.69. The third kappa shape index (κ3) is 2.41. The molecule has 0 aromatic heterocycles. The number of benzene rings is 1. The maximum absolute atomic E-state index is 9.44. The number of halogens is 1. The normalized spacial score (nSPS) is 17.9. The largest absolute Gasteiger partial charge is 0.396 e. The molecule has 1 fully saturated rings. The van der Waals surface area contributed by atoms with Gasteiger partial charge in [-0.1, -0.05) is 22.4 Å². The predicted molar refractivity (Wildman–Crippen MR) is 70.8 cm³/mol. The molecule has 0 heterocycles. The van der Waals surface area contributed by atoms with Crippen LogP contribution in [0.25, 0.3) is 0 Å². The molecule has 0 spiro atoms. The first-order valence-electron chi connectivity index (χ1n) is 5.73. The Morgan fingerprint density at radius 3 is 2.38 bits per heavy atom. The number of aliphatic hydroxyl groups is 1. The average Bonchev–Trinajstić information content (AvgIpc) is 2.24. The van der Waals surface area contributed by atoms with E-state index in [2.05, 4.69) is 52.1 Å². The Bertz CT molecular complexity index is 340. The predicted octanol–water partition coefficient (Wildman–Crippen LogP) is 3.05. The fourth-order valence-electron chi connectivity index (χ4n) is 2.33. The van der Waals surface area contributed by atoms with Crippen molar-refractivity contribution in [2.24, 2.45) is 5.41 Å². The minimum absolute atomic E-state index is 0.155. The molecule has 0 aliphatic heterocycles. The van der Waals surface area contributed by atoms with Crippen LogP contribution in [0.2, 0.25) is 0 Å². The van der Waals surface area contributed by atoms with Gasteiger partial charge in [-0.2, -0.15) is 0 Å². The molecule has 2 rings (SSSR count). The summed E-state index contributed by atoms with van der Waals surface area (Å²) in [6, 6.07) is 8.32. The van der Waals surface area contributed by atoms with E-state index in [9.17, 15) is 5.11 Å². The standard InChI is InChI=1S/C13H18BrNO/c1-15(9-13(10-16)7-2-8-13)12-5-3-11(14)4-6-12/h3-6,16H,2,7-10H2,1H3. The molecule has 0 atom stereocenters. The molecular weight excluding hydrogens is 266 g/mol. The Morgan fingerprint density at radius 2 is 1.94 bits per heavy atom. The van der Waals surface area contributed by atoms with Crippen molar-refractivity contribution in [1.29, 1.82) is 0 Å². The van der Waals surface area contributed by atoms with Crippen molar-refractivity contribution in [3.63, 3.8) is 0 Å².